The van der Waals surface area contributed by atoms with Gasteiger partial charge in [0.25, 0.3) is 5.91 Å². The number of likely N-dealkylation sites (N-methyl/N-ethyl adjacent to an activating group) is 1. The summed E-state index contributed by atoms with van der Waals surface area (Å²) >= 11 is 0. The third kappa shape index (κ3) is 4.58. The molecule has 0 saturated carbocycles. The molecule has 0 aliphatic rings. The van der Waals surface area contributed by atoms with Gasteiger partial charge in [-0.25, -0.2) is 0 Å². The number of hydrogen-bond acceptors (Lipinski definition) is 3. The Morgan fingerprint density at radius 3 is 2.43 bits per heavy atom. The molecule has 0 fully saturated rings. The second-order valence-electron chi connectivity index (χ2n) is 3.90. The number of rotatable bonds is 6. The largest absolute Gasteiger partial charge is 0.370 e. The summed E-state index contributed by atoms with van der Waals surface area (Å²) < 4.78 is 4.97. The predicted octanol–water partition coefficient (Wildman–Crippen LogP) is 0.465. The monoisotopic (exact) mass is 202 g/mol. The number of nitrogens with two attached hydrogens (primary N) is 1. The number of carbonyl (C=O) groups excluding carboxylic acids is 1. The van der Waals surface area contributed by atoms with E-state index in [1.54, 1.807) is 11.9 Å². The van der Waals surface area contributed by atoms with Crippen molar-refractivity contribution in [2.45, 2.75) is 26.4 Å². The minimum atomic E-state index is -0.493. The summed E-state index contributed by atoms with van der Waals surface area (Å²) in [6.45, 7) is 5.27. The molecule has 0 aromatic heterocycles. The van der Waals surface area contributed by atoms with Gasteiger partial charge in [0.15, 0.2) is 0 Å². The maximum absolute atomic E-state index is 11.6. The number of nitrogens with zero attached hydrogens (tertiary/aromatic N) is 1. The van der Waals surface area contributed by atoms with Gasteiger partial charge in [0, 0.05) is 27.2 Å². The highest BCUT2D eigenvalue weighted by Gasteiger charge is 2.19. The van der Waals surface area contributed by atoms with Gasteiger partial charge in [-0.2, -0.15) is 0 Å². The van der Waals surface area contributed by atoms with Crippen LogP contribution in [0.25, 0.3) is 0 Å². The van der Waals surface area contributed by atoms with Crippen molar-refractivity contribution < 1.29 is 9.53 Å². The molecule has 0 aromatic rings. The van der Waals surface area contributed by atoms with Gasteiger partial charge in [-0.1, -0.05) is 13.8 Å². The van der Waals surface area contributed by atoms with Crippen LogP contribution < -0.4 is 5.73 Å². The van der Waals surface area contributed by atoms with Crippen molar-refractivity contribution in [2.24, 2.45) is 11.7 Å². The molecule has 4 heteroatoms. The predicted molar refractivity (Wildman–Crippen MR) is 56.9 cm³/mol. The van der Waals surface area contributed by atoms with Crippen molar-refractivity contribution in [1.29, 1.82) is 0 Å². The Balaban J connectivity index is 3.97. The van der Waals surface area contributed by atoms with E-state index in [-0.39, 0.29) is 12.5 Å². The average molecular weight is 202 g/mol. The molecule has 0 aliphatic heterocycles. The topological polar surface area (TPSA) is 55.6 Å². The lowest BCUT2D eigenvalue weighted by atomic mass is 10.1. The molecule has 84 valence electrons. The molecular weight excluding hydrogens is 180 g/mol. The van der Waals surface area contributed by atoms with Crippen LogP contribution in [0, 0.1) is 5.92 Å². The molecule has 2 N–H and O–H groups in total. The lowest BCUT2D eigenvalue weighted by molar-refractivity contribution is -0.140. The third-order valence-corrected chi connectivity index (χ3v) is 2.19. The lowest BCUT2D eigenvalue weighted by Gasteiger charge is -2.22. The minimum Gasteiger partial charge on any atom is -0.370 e. The fourth-order valence-corrected chi connectivity index (χ4v) is 1.11. The molecule has 0 heterocycles. The SMILES string of the molecule is COC(CN)C(=O)N(C)CCC(C)C. The van der Waals surface area contributed by atoms with E-state index in [4.69, 9.17) is 10.5 Å². The summed E-state index contributed by atoms with van der Waals surface area (Å²) in [4.78, 5) is 13.3. The van der Waals surface area contributed by atoms with Gasteiger partial charge in [0.2, 0.25) is 0 Å². The minimum absolute atomic E-state index is 0.0318. The van der Waals surface area contributed by atoms with Crippen LogP contribution in [0.4, 0.5) is 0 Å². The highest BCUT2D eigenvalue weighted by molar-refractivity contribution is 5.80. The normalized spacial score (nSPS) is 13.0. The third-order valence-electron chi connectivity index (χ3n) is 2.19. The zero-order valence-corrected chi connectivity index (χ0v) is 9.62. The van der Waals surface area contributed by atoms with Crippen LogP contribution in [0.15, 0.2) is 0 Å². The Morgan fingerprint density at radius 2 is 2.07 bits per heavy atom. The fourth-order valence-electron chi connectivity index (χ4n) is 1.11. The molecule has 0 aliphatic carbocycles. The quantitative estimate of drug-likeness (QED) is 0.681. The summed E-state index contributed by atoms with van der Waals surface area (Å²) in [6.07, 6.45) is 0.510. The molecule has 0 spiro atoms. The molecule has 0 aromatic carbocycles. The van der Waals surface area contributed by atoms with E-state index in [0.717, 1.165) is 13.0 Å². The smallest absolute Gasteiger partial charge is 0.252 e. The summed E-state index contributed by atoms with van der Waals surface area (Å²) in [5, 5.41) is 0. The first-order valence-electron chi connectivity index (χ1n) is 5.00. The summed E-state index contributed by atoms with van der Waals surface area (Å²) in [7, 11) is 3.29. The van der Waals surface area contributed by atoms with Crippen LogP contribution in [0.5, 0.6) is 0 Å². The first-order valence-corrected chi connectivity index (χ1v) is 5.00. The standard InChI is InChI=1S/C10H22N2O2/c1-8(2)5-6-12(3)10(13)9(7-11)14-4/h8-9H,5-7,11H2,1-4H3. The summed E-state index contributed by atoms with van der Waals surface area (Å²) in [5.74, 6) is 0.569. The molecule has 0 saturated heterocycles. The van der Waals surface area contributed by atoms with Crippen molar-refractivity contribution in [3.8, 4) is 0 Å². The maximum Gasteiger partial charge on any atom is 0.252 e. The van der Waals surface area contributed by atoms with Crippen LogP contribution in [-0.4, -0.2) is 44.2 Å². The Kier molecular flexibility index (Phi) is 6.49. The average Bonchev–Trinajstić information content (AvgIpc) is 2.15. The van der Waals surface area contributed by atoms with Crippen LogP contribution in [0.3, 0.4) is 0 Å². The molecular formula is C10H22N2O2. The van der Waals surface area contributed by atoms with Crippen molar-refractivity contribution in [2.75, 3.05) is 27.2 Å². The van der Waals surface area contributed by atoms with Crippen LogP contribution in [0.1, 0.15) is 20.3 Å². The zero-order chi connectivity index (χ0) is 11.1. The van der Waals surface area contributed by atoms with E-state index < -0.39 is 6.10 Å². The van der Waals surface area contributed by atoms with Gasteiger partial charge in [-0.15, -0.1) is 0 Å². The van der Waals surface area contributed by atoms with Gasteiger partial charge in [0.05, 0.1) is 0 Å². The van der Waals surface area contributed by atoms with E-state index >= 15 is 0 Å². The lowest BCUT2D eigenvalue weighted by Crippen LogP contribution is -2.42. The van der Waals surface area contributed by atoms with Gasteiger partial charge in [-0.3, -0.25) is 4.79 Å². The van der Waals surface area contributed by atoms with Gasteiger partial charge in [0.1, 0.15) is 6.10 Å². The van der Waals surface area contributed by atoms with Gasteiger partial charge in [-0.05, 0) is 12.3 Å². The first-order chi connectivity index (χ1) is 6.52. The molecule has 4 nitrogen and oxygen atoms in total. The number of ether oxygens (including phenoxy) is 1. The molecule has 14 heavy (non-hydrogen) atoms. The van der Waals surface area contributed by atoms with E-state index in [9.17, 15) is 4.79 Å². The zero-order valence-electron chi connectivity index (χ0n) is 9.62. The first kappa shape index (κ1) is 13.4. The van der Waals surface area contributed by atoms with E-state index in [2.05, 4.69) is 13.8 Å². The highest BCUT2D eigenvalue weighted by Crippen LogP contribution is 2.02. The second-order valence-corrected chi connectivity index (χ2v) is 3.90. The molecule has 1 unspecified atom stereocenters. The van der Waals surface area contributed by atoms with Crippen molar-refractivity contribution in [3.05, 3.63) is 0 Å². The number of hydrogen-bond donors (Lipinski definition) is 1. The summed E-state index contributed by atoms with van der Waals surface area (Å²) in [5.41, 5.74) is 5.41. The second kappa shape index (κ2) is 6.79. The van der Waals surface area contributed by atoms with Crippen LogP contribution in [0.2, 0.25) is 0 Å². The van der Waals surface area contributed by atoms with E-state index in [1.807, 2.05) is 0 Å². The molecule has 1 amide bonds. The Hall–Kier alpha value is -0.610. The molecule has 0 bridgehead atoms. The Labute approximate surface area is 86.4 Å². The number of carbonyl (C=O) groups is 1. The fraction of sp³-hybridized carbons (Fsp3) is 0.900. The maximum atomic E-state index is 11.6. The molecule has 1 atom stereocenters. The number of methoxy groups -OCH3 is 1. The molecule has 0 radical (unpaired) electrons. The highest BCUT2D eigenvalue weighted by atomic mass is 16.5. The number of amides is 1. The summed E-state index contributed by atoms with van der Waals surface area (Å²) in [6, 6.07) is 0. The van der Waals surface area contributed by atoms with E-state index in [0.29, 0.717) is 5.92 Å². The van der Waals surface area contributed by atoms with Gasteiger partial charge >= 0.3 is 0 Å². The van der Waals surface area contributed by atoms with Crippen LogP contribution in [-0.2, 0) is 9.53 Å². The molecule has 0 rings (SSSR count). The van der Waals surface area contributed by atoms with Gasteiger partial charge < -0.3 is 15.4 Å². The van der Waals surface area contributed by atoms with Crippen molar-refractivity contribution in [1.82, 2.24) is 4.90 Å². The Morgan fingerprint density at radius 1 is 1.50 bits per heavy atom. The van der Waals surface area contributed by atoms with Crippen molar-refractivity contribution >= 4 is 5.91 Å². The van der Waals surface area contributed by atoms with Crippen molar-refractivity contribution in [3.63, 3.8) is 0 Å². The Bertz CT molecular complexity index is 168. The van der Waals surface area contributed by atoms with Crippen LogP contribution >= 0.6 is 0 Å². The van der Waals surface area contributed by atoms with E-state index in [1.165, 1.54) is 7.11 Å².